The first-order chi connectivity index (χ1) is 18.0. The summed E-state index contributed by atoms with van der Waals surface area (Å²) in [7, 11) is 0. The molecular formula is C29H29N5O3. The number of nitrogens with zero attached hydrogens (tertiary/aromatic N) is 4. The Kier molecular flexibility index (Phi) is 7.04. The topological polar surface area (TPSA) is 87.5 Å². The van der Waals surface area contributed by atoms with E-state index in [2.05, 4.69) is 23.4 Å². The Morgan fingerprint density at radius 3 is 2.59 bits per heavy atom. The molecule has 2 aromatic carbocycles. The molecule has 0 unspecified atom stereocenters. The predicted molar refractivity (Wildman–Crippen MR) is 139 cm³/mol. The second kappa shape index (κ2) is 10.7. The van der Waals surface area contributed by atoms with Crippen LogP contribution in [0.3, 0.4) is 0 Å². The van der Waals surface area contributed by atoms with E-state index in [0.717, 1.165) is 17.7 Å². The van der Waals surface area contributed by atoms with E-state index in [1.165, 1.54) is 5.56 Å². The molecule has 37 heavy (non-hydrogen) atoms. The number of carbonyl (C=O) groups is 3. The number of aromatic nitrogens is 2. The Hall–Kier alpha value is -4.38. The van der Waals surface area contributed by atoms with Crippen LogP contribution in [0.4, 0.5) is 0 Å². The number of carbonyl (C=O) groups excluding carboxylic acids is 3. The number of benzene rings is 2. The molecule has 8 nitrogen and oxygen atoms in total. The lowest BCUT2D eigenvalue weighted by Crippen LogP contribution is -2.38. The summed E-state index contributed by atoms with van der Waals surface area (Å²) in [5.41, 5.74) is 4.52. The number of amides is 3. The molecule has 3 heterocycles. The number of rotatable bonds is 5. The van der Waals surface area contributed by atoms with Crippen molar-refractivity contribution in [3.63, 3.8) is 0 Å². The minimum atomic E-state index is -0.199. The maximum absolute atomic E-state index is 13.6. The maximum atomic E-state index is 13.6. The highest BCUT2D eigenvalue weighted by molar-refractivity contribution is 5.96. The van der Waals surface area contributed by atoms with Gasteiger partial charge in [0.25, 0.3) is 11.8 Å². The van der Waals surface area contributed by atoms with Gasteiger partial charge >= 0.3 is 0 Å². The van der Waals surface area contributed by atoms with Gasteiger partial charge in [0, 0.05) is 67.9 Å². The quantitative estimate of drug-likeness (QED) is 0.550. The van der Waals surface area contributed by atoms with Crippen LogP contribution in [0.15, 0.2) is 54.6 Å². The SMILES string of the molecule is C#Cc1cccc(C(=O)N2CCc3c(c(C(=O)N4CCNC(=O)CC4)nn3CCc3ccccc3)C2)c1. The lowest BCUT2D eigenvalue weighted by atomic mass is 10.0. The van der Waals surface area contributed by atoms with E-state index in [0.29, 0.717) is 62.5 Å². The predicted octanol–water partition coefficient (Wildman–Crippen LogP) is 2.27. The molecule has 0 spiro atoms. The molecule has 0 bridgehead atoms. The van der Waals surface area contributed by atoms with Crippen LogP contribution < -0.4 is 5.32 Å². The van der Waals surface area contributed by atoms with E-state index in [1.54, 1.807) is 34.1 Å². The molecular weight excluding hydrogens is 466 g/mol. The van der Waals surface area contributed by atoms with Crippen molar-refractivity contribution in [1.29, 1.82) is 0 Å². The van der Waals surface area contributed by atoms with Crippen LogP contribution in [0.2, 0.25) is 0 Å². The number of nitrogens with one attached hydrogen (secondary N) is 1. The summed E-state index contributed by atoms with van der Waals surface area (Å²) in [6.07, 6.45) is 7.17. The summed E-state index contributed by atoms with van der Waals surface area (Å²) in [5.74, 6) is 2.20. The monoisotopic (exact) mass is 495 g/mol. The third-order valence-electron chi connectivity index (χ3n) is 6.95. The number of hydrogen-bond acceptors (Lipinski definition) is 4. The molecule has 0 aliphatic carbocycles. The van der Waals surface area contributed by atoms with Gasteiger partial charge in [0.2, 0.25) is 5.91 Å². The zero-order valence-electron chi connectivity index (χ0n) is 20.7. The minimum Gasteiger partial charge on any atom is -0.354 e. The standard InChI is InChI=1S/C29H29N5O3/c1-2-21-9-6-10-23(19-21)28(36)33-15-12-25-24(20-33)27(29(37)32-16-13-26(35)30-14-18-32)31-34(25)17-11-22-7-4-3-5-8-22/h1,3-10,19H,11-18,20H2,(H,30,35). The zero-order chi connectivity index (χ0) is 25.8. The van der Waals surface area contributed by atoms with Gasteiger partial charge in [-0.15, -0.1) is 6.42 Å². The van der Waals surface area contributed by atoms with E-state index >= 15 is 0 Å². The fourth-order valence-electron chi connectivity index (χ4n) is 4.94. The van der Waals surface area contributed by atoms with Gasteiger partial charge in [0.15, 0.2) is 5.69 Å². The molecule has 1 saturated heterocycles. The molecule has 1 aromatic heterocycles. The second-order valence-corrected chi connectivity index (χ2v) is 9.33. The zero-order valence-corrected chi connectivity index (χ0v) is 20.7. The third kappa shape index (κ3) is 5.26. The summed E-state index contributed by atoms with van der Waals surface area (Å²) in [6.45, 7) is 2.65. The molecule has 8 heteroatoms. The molecule has 2 aliphatic rings. The van der Waals surface area contributed by atoms with Gasteiger partial charge in [-0.1, -0.05) is 42.3 Å². The molecule has 0 saturated carbocycles. The summed E-state index contributed by atoms with van der Waals surface area (Å²) >= 11 is 0. The normalized spacial score (nSPS) is 15.4. The molecule has 188 valence electrons. The van der Waals surface area contributed by atoms with Gasteiger partial charge in [-0.3, -0.25) is 19.1 Å². The van der Waals surface area contributed by atoms with Crippen LogP contribution in [0.5, 0.6) is 0 Å². The number of terminal acetylenes is 1. The maximum Gasteiger partial charge on any atom is 0.274 e. The van der Waals surface area contributed by atoms with E-state index in [1.807, 2.05) is 22.9 Å². The molecule has 0 radical (unpaired) electrons. The van der Waals surface area contributed by atoms with Crippen molar-refractivity contribution in [2.24, 2.45) is 0 Å². The van der Waals surface area contributed by atoms with Crippen LogP contribution in [0, 0.1) is 12.3 Å². The molecule has 3 amide bonds. The van der Waals surface area contributed by atoms with Crippen molar-refractivity contribution in [1.82, 2.24) is 24.9 Å². The van der Waals surface area contributed by atoms with E-state index in [4.69, 9.17) is 11.5 Å². The number of fused-ring (bicyclic) bond motifs is 1. The Bertz CT molecular complexity index is 1370. The molecule has 0 atom stereocenters. The Balaban J connectivity index is 1.44. The Morgan fingerprint density at radius 1 is 0.973 bits per heavy atom. The van der Waals surface area contributed by atoms with Crippen molar-refractivity contribution in [3.8, 4) is 12.3 Å². The van der Waals surface area contributed by atoms with Gasteiger partial charge in [0.1, 0.15) is 0 Å². The lowest BCUT2D eigenvalue weighted by molar-refractivity contribution is -0.120. The summed E-state index contributed by atoms with van der Waals surface area (Å²) in [5, 5.41) is 7.59. The smallest absolute Gasteiger partial charge is 0.274 e. The summed E-state index contributed by atoms with van der Waals surface area (Å²) in [4.78, 5) is 42.2. The van der Waals surface area contributed by atoms with E-state index in [-0.39, 0.29) is 24.1 Å². The third-order valence-corrected chi connectivity index (χ3v) is 6.95. The average molecular weight is 496 g/mol. The highest BCUT2D eigenvalue weighted by Crippen LogP contribution is 2.26. The molecule has 5 rings (SSSR count). The van der Waals surface area contributed by atoms with Crippen molar-refractivity contribution in [2.75, 3.05) is 26.2 Å². The molecule has 1 N–H and O–H groups in total. The van der Waals surface area contributed by atoms with Crippen LogP contribution in [-0.2, 0) is 30.7 Å². The first-order valence-electron chi connectivity index (χ1n) is 12.6. The first-order valence-corrected chi connectivity index (χ1v) is 12.6. The van der Waals surface area contributed by atoms with Gasteiger partial charge in [-0.2, -0.15) is 5.10 Å². The Labute approximate surface area is 216 Å². The largest absolute Gasteiger partial charge is 0.354 e. The van der Waals surface area contributed by atoms with Gasteiger partial charge in [-0.25, -0.2) is 0 Å². The van der Waals surface area contributed by atoms with Crippen molar-refractivity contribution in [2.45, 2.75) is 32.4 Å². The van der Waals surface area contributed by atoms with Crippen LogP contribution in [0.1, 0.15) is 49.7 Å². The van der Waals surface area contributed by atoms with Crippen LogP contribution in [-0.4, -0.2) is 63.5 Å². The highest BCUT2D eigenvalue weighted by Gasteiger charge is 2.32. The van der Waals surface area contributed by atoms with E-state index < -0.39 is 0 Å². The Morgan fingerprint density at radius 2 is 1.78 bits per heavy atom. The van der Waals surface area contributed by atoms with Crippen LogP contribution in [0.25, 0.3) is 0 Å². The number of hydrogen-bond donors (Lipinski definition) is 1. The first kappa shape index (κ1) is 24.3. The van der Waals surface area contributed by atoms with Gasteiger partial charge in [-0.05, 0) is 30.2 Å². The lowest BCUT2D eigenvalue weighted by Gasteiger charge is -2.28. The van der Waals surface area contributed by atoms with Gasteiger partial charge < -0.3 is 15.1 Å². The summed E-state index contributed by atoms with van der Waals surface area (Å²) in [6, 6.07) is 17.2. The van der Waals surface area contributed by atoms with Crippen LogP contribution >= 0.6 is 0 Å². The minimum absolute atomic E-state index is 0.0586. The van der Waals surface area contributed by atoms with Crippen molar-refractivity contribution in [3.05, 3.63) is 88.2 Å². The summed E-state index contributed by atoms with van der Waals surface area (Å²) < 4.78 is 1.93. The van der Waals surface area contributed by atoms with Gasteiger partial charge in [0.05, 0.1) is 6.54 Å². The fourth-order valence-corrected chi connectivity index (χ4v) is 4.94. The van der Waals surface area contributed by atoms with Crippen molar-refractivity contribution < 1.29 is 14.4 Å². The van der Waals surface area contributed by atoms with Crippen molar-refractivity contribution >= 4 is 17.7 Å². The average Bonchev–Trinajstić information content (AvgIpc) is 3.16. The molecule has 2 aliphatic heterocycles. The highest BCUT2D eigenvalue weighted by atomic mass is 16.2. The number of aryl methyl sites for hydroxylation is 2. The van der Waals surface area contributed by atoms with E-state index in [9.17, 15) is 14.4 Å². The fraction of sp³-hybridized carbons (Fsp3) is 0.310. The molecule has 3 aromatic rings. The second-order valence-electron chi connectivity index (χ2n) is 9.33. The molecule has 1 fully saturated rings.